The Bertz CT molecular complexity index is 964. The zero-order valence-electron chi connectivity index (χ0n) is 16.9. The average molecular weight is 377 g/mol. The van der Waals surface area contributed by atoms with E-state index in [1.807, 2.05) is 43.0 Å². The quantitative estimate of drug-likeness (QED) is 0.626. The lowest BCUT2D eigenvalue weighted by Gasteiger charge is -2.33. The van der Waals surface area contributed by atoms with E-state index in [0.717, 1.165) is 37.2 Å². The molecule has 2 aromatic carbocycles. The Labute approximate surface area is 166 Å². The smallest absolute Gasteiger partial charge is 0.253 e. The highest BCUT2D eigenvalue weighted by Gasteiger charge is 2.25. The third kappa shape index (κ3) is 3.64. The molecule has 0 unspecified atom stereocenters. The Kier molecular flexibility index (Phi) is 5.12. The minimum atomic E-state index is 0.114. The predicted octanol–water partition coefficient (Wildman–Crippen LogP) is 5.21. The van der Waals surface area contributed by atoms with Crippen LogP contribution in [-0.2, 0) is 0 Å². The van der Waals surface area contributed by atoms with E-state index in [1.165, 1.54) is 16.5 Å². The van der Waals surface area contributed by atoms with Crippen LogP contribution in [0.2, 0.25) is 0 Å². The first-order valence-corrected chi connectivity index (χ1v) is 10.1. The minimum absolute atomic E-state index is 0.114. The number of carbonyl (C=O) groups is 1. The molecule has 0 spiro atoms. The lowest BCUT2D eigenvalue weighted by Crippen LogP contribution is -2.39. The number of piperidine rings is 1. The van der Waals surface area contributed by atoms with Gasteiger partial charge < -0.3 is 14.2 Å². The molecule has 146 valence electrons. The average Bonchev–Trinajstić information content (AvgIpc) is 3.05. The molecule has 0 radical (unpaired) electrons. The molecule has 1 saturated heterocycles. The lowest BCUT2D eigenvalue weighted by molar-refractivity contribution is 0.0696. The Morgan fingerprint density at radius 2 is 1.71 bits per heavy atom. The van der Waals surface area contributed by atoms with E-state index in [2.05, 4.69) is 42.0 Å². The van der Waals surface area contributed by atoms with Crippen molar-refractivity contribution < 1.29 is 9.53 Å². The number of ether oxygens (including phenoxy) is 1. The maximum absolute atomic E-state index is 12.9. The number of nitrogens with zero attached hydrogens (tertiary/aromatic N) is 2. The standard InChI is InChI=1S/C24H28N2O2/c1-17(2)28-21-10-8-19(9-11-21)24(27)25-14-12-20(13-15-25)26-16-18(3)22-6-4-5-7-23(22)26/h4-11,16-17,20H,12-15H2,1-3H3. The molecule has 1 aliphatic rings. The van der Waals surface area contributed by atoms with Crippen molar-refractivity contribution in [1.82, 2.24) is 9.47 Å². The van der Waals surface area contributed by atoms with Crippen LogP contribution in [0.25, 0.3) is 10.9 Å². The van der Waals surface area contributed by atoms with E-state index in [9.17, 15) is 4.79 Å². The van der Waals surface area contributed by atoms with Crippen LogP contribution in [0, 0.1) is 6.92 Å². The zero-order chi connectivity index (χ0) is 19.7. The molecule has 1 aliphatic heterocycles. The summed E-state index contributed by atoms with van der Waals surface area (Å²) in [5, 5.41) is 1.32. The molecule has 3 aromatic rings. The highest BCUT2D eigenvalue weighted by Crippen LogP contribution is 2.30. The topological polar surface area (TPSA) is 34.5 Å². The number of para-hydroxylation sites is 1. The van der Waals surface area contributed by atoms with Crippen LogP contribution in [0.5, 0.6) is 5.75 Å². The third-order valence-corrected chi connectivity index (χ3v) is 5.56. The molecule has 0 bridgehead atoms. The van der Waals surface area contributed by atoms with Gasteiger partial charge in [-0.1, -0.05) is 18.2 Å². The second-order valence-corrected chi connectivity index (χ2v) is 7.95. The lowest BCUT2D eigenvalue weighted by atomic mass is 10.0. The number of benzene rings is 2. The van der Waals surface area contributed by atoms with Gasteiger partial charge in [0.25, 0.3) is 5.91 Å². The molecule has 2 heterocycles. The number of rotatable bonds is 4. The van der Waals surface area contributed by atoms with Gasteiger partial charge in [0.15, 0.2) is 0 Å². The van der Waals surface area contributed by atoms with E-state index in [4.69, 9.17) is 4.74 Å². The first-order chi connectivity index (χ1) is 13.5. The van der Waals surface area contributed by atoms with Crippen molar-refractivity contribution in [3.8, 4) is 5.75 Å². The van der Waals surface area contributed by atoms with Crippen molar-refractivity contribution in [1.29, 1.82) is 0 Å². The molecular formula is C24H28N2O2. The Balaban J connectivity index is 1.43. The molecule has 4 heteroatoms. The van der Waals surface area contributed by atoms with E-state index >= 15 is 0 Å². The molecular weight excluding hydrogens is 348 g/mol. The highest BCUT2D eigenvalue weighted by atomic mass is 16.5. The number of aromatic nitrogens is 1. The fourth-order valence-electron chi connectivity index (χ4n) is 4.16. The first kappa shape index (κ1) is 18.6. The van der Waals surface area contributed by atoms with Gasteiger partial charge in [-0.3, -0.25) is 4.79 Å². The fourth-order valence-corrected chi connectivity index (χ4v) is 4.16. The predicted molar refractivity (Wildman–Crippen MR) is 113 cm³/mol. The maximum Gasteiger partial charge on any atom is 0.253 e. The summed E-state index contributed by atoms with van der Waals surface area (Å²) in [6, 6.07) is 16.5. The van der Waals surface area contributed by atoms with Crippen molar-refractivity contribution in [2.24, 2.45) is 0 Å². The van der Waals surface area contributed by atoms with E-state index in [0.29, 0.717) is 6.04 Å². The maximum atomic E-state index is 12.9. The molecule has 1 aromatic heterocycles. The highest BCUT2D eigenvalue weighted by molar-refractivity contribution is 5.94. The van der Waals surface area contributed by atoms with Crippen molar-refractivity contribution >= 4 is 16.8 Å². The SMILES string of the molecule is Cc1cn(C2CCN(C(=O)c3ccc(OC(C)C)cc3)CC2)c2ccccc12. The Hall–Kier alpha value is -2.75. The van der Waals surface area contributed by atoms with Crippen LogP contribution < -0.4 is 4.74 Å². The van der Waals surface area contributed by atoms with Gasteiger partial charge in [0.2, 0.25) is 0 Å². The van der Waals surface area contributed by atoms with Gasteiger partial charge in [-0.25, -0.2) is 0 Å². The second kappa shape index (κ2) is 7.70. The first-order valence-electron chi connectivity index (χ1n) is 10.1. The van der Waals surface area contributed by atoms with Crippen LogP contribution >= 0.6 is 0 Å². The Morgan fingerprint density at radius 1 is 1.04 bits per heavy atom. The molecule has 28 heavy (non-hydrogen) atoms. The number of aryl methyl sites for hydroxylation is 1. The van der Waals surface area contributed by atoms with Gasteiger partial charge in [-0.15, -0.1) is 0 Å². The van der Waals surface area contributed by atoms with E-state index in [-0.39, 0.29) is 12.0 Å². The van der Waals surface area contributed by atoms with Gasteiger partial charge in [0.1, 0.15) is 5.75 Å². The number of carbonyl (C=O) groups excluding carboxylic acids is 1. The van der Waals surface area contributed by atoms with Crippen LogP contribution in [0.15, 0.2) is 54.7 Å². The van der Waals surface area contributed by atoms with Gasteiger partial charge in [-0.05, 0) is 69.5 Å². The molecule has 0 atom stereocenters. The van der Waals surface area contributed by atoms with Crippen molar-refractivity contribution in [2.75, 3.05) is 13.1 Å². The molecule has 1 amide bonds. The Morgan fingerprint density at radius 3 is 2.39 bits per heavy atom. The normalized spacial score (nSPS) is 15.4. The second-order valence-electron chi connectivity index (χ2n) is 7.95. The number of amides is 1. The van der Waals surface area contributed by atoms with Crippen molar-refractivity contribution in [2.45, 2.75) is 45.8 Å². The number of hydrogen-bond acceptors (Lipinski definition) is 2. The molecule has 1 fully saturated rings. The summed E-state index contributed by atoms with van der Waals surface area (Å²) in [6.07, 6.45) is 4.37. The summed E-state index contributed by atoms with van der Waals surface area (Å²) < 4.78 is 8.07. The van der Waals surface area contributed by atoms with Crippen LogP contribution in [0.1, 0.15) is 48.7 Å². The molecule has 4 rings (SSSR count). The summed E-state index contributed by atoms with van der Waals surface area (Å²) in [6.45, 7) is 7.75. The number of hydrogen-bond donors (Lipinski definition) is 0. The third-order valence-electron chi connectivity index (χ3n) is 5.56. The summed E-state index contributed by atoms with van der Waals surface area (Å²) in [4.78, 5) is 14.9. The number of fused-ring (bicyclic) bond motifs is 1. The number of likely N-dealkylation sites (tertiary alicyclic amines) is 1. The van der Waals surface area contributed by atoms with Crippen LogP contribution in [0.3, 0.4) is 0 Å². The largest absolute Gasteiger partial charge is 0.491 e. The molecule has 0 aliphatic carbocycles. The molecule has 4 nitrogen and oxygen atoms in total. The minimum Gasteiger partial charge on any atom is -0.491 e. The molecule has 0 saturated carbocycles. The van der Waals surface area contributed by atoms with Gasteiger partial charge in [0.05, 0.1) is 6.10 Å². The summed E-state index contributed by atoms with van der Waals surface area (Å²) in [7, 11) is 0. The zero-order valence-corrected chi connectivity index (χ0v) is 16.9. The fraction of sp³-hybridized carbons (Fsp3) is 0.375. The van der Waals surface area contributed by atoms with Gasteiger partial charge in [-0.2, -0.15) is 0 Å². The van der Waals surface area contributed by atoms with Crippen LogP contribution in [-0.4, -0.2) is 34.6 Å². The van der Waals surface area contributed by atoms with E-state index in [1.54, 1.807) is 0 Å². The summed E-state index contributed by atoms with van der Waals surface area (Å²) in [5.74, 6) is 0.920. The summed E-state index contributed by atoms with van der Waals surface area (Å²) in [5.41, 5.74) is 3.35. The van der Waals surface area contributed by atoms with Gasteiger partial charge in [0, 0.05) is 41.8 Å². The molecule has 0 N–H and O–H groups in total. The van der Waals surface area contributed by atoms with Gasteiger partial charge >= 0.3 is 0 Å². The summed E-state index contributed by atoms with van der Waals surface area (Å²) >= 11 is 0. The van der Waals surface area contributed by atoms with Crippen LogP contribution in [0.4, 0.5) is 0 Å². The van der Waals surface area contributed by atoms with Crippen molar-refractivity contribution in [3.63, 3.8) is 0 Å². The van der Waals surface area contributed by atoms with Crippen molar-refractivity contribution in [3.05, 3.63) is 65.9 Å². The van der Waals surface area contributed by atoms with E-state index < -0.39 is 0 Å². The monoisotopic (exact) mass is 376 g/mol.